The van der Waals surface area contributed by atoms with Crippen molar-refractivity contribution < 1.29 is 4.39 Å². The molecule has 2 aromatic heterocycles. The maximum Gasteiger partial charge on any atom is 0.144 e. The van der Waals surface area contributed by atoms with Gasteiger partial charge in [-0.3, -0.25) is 4.98 Å². The zero-order chi connectivity index (χ0) is 15.0. The minimum absolute atomic E-state index is 0.0761. The van der Waals surface area contributed by atoms with Gasteiger partial charge in [0.25, 0.3) is 0 Å². The van der Waals surface area contributed by atoms with Crippen molar-refractivity contribution in [1.29, 1.82) is 0 Å². The van der Waals surface area contributed by atoms with Crippen LogP contribution >= 0.6 is 23.2 Å². The highest BCUT2D eigenvalue weighted by molar-refractivity contribution is 6.31. The van der Waals surface area contributed by atoms with Crippen molar-refractivity contribution in [2.24, 2.45) is 0 Å². The van der Waals surface area contributed by atoms with E-state index in [4.69, 9.17) is 23.2 Å². The second-order valence-corrected chi connectivity index (χ2v) is 5.84. The Bertz CT molecular complexity index is 784. The summed E-state index contributed by atoms with van der Waals surface area (Å²) < 4.78 is 15.5. The number of hydrogen-bond donors (Lipinski definition) is 0. The Kier molecular flexibility index (Phi) is 3.83. The van der Waals surface area contributed by atoms with Crippen molar-refractivity contribution in [3.05, 3.63) is 58.9 Å². The average Bonchev–Trinajstić information content (AvgIpc) is 2.79. The van der Waals surface area contributed by atoms with Gasteiger partial charge in [0.15, 0.2) is 0 Å². The van der Waals surface area contributed by atoms with E-state index in [0.717, 1.165) is 11.1 Å². The predicted molar refractivity (Wildman–Crippen MR) is 82.3 cm³/mol. The maximum absolute atomic E-state index is 13.6. The van der Waals surface area contributed by atoms with Crippen LogP contribution in [0.3, 0.4) is 0 Å². The molecule has 0 aliphatic carbocycles. The van der Waals surface area contributed by atoms with Crippen LogP contribution in [0.1, 0.15) is 23.7 Å². The average molecular weight is 324 g/mol. The van der Waals surface area contributed by atoms with Crippen molar-refractivity contribution in [2.75, 3.05) is 0 Å². The first-order valence-electron chi connectivity index (χ1n) is 6.44. The van der Waals surface area contributed by atoms with Crippen LogP contribution in [0.2, 0.25) is 5.02 Å². The number of rotatable bonds is 3. The molecule has 3 rings (SSSR count). The summed E-state index contributed by atoms with van der Waals surface area (Å²) in [5.41, 5.74) is 2.37. The van der Waals surface area contributed by atoms with Crippen LogP contribution in [-0.4, -0.2) is 14.5 Å². The Hall–Kier alpha value is -1.65. The van der Waals surface area contributed by atoms with Gasteiger partial charge in [0.2, 0.25) is 0 Å². The van der Waals surface area contributed by atoms with E-state index in [1.165, 1.54) is 6.07 Å². The molecule has 1 aromatic carbocycles. The van der Waals surface area contributed by atoms with Crippen molar-refractivity contribution in [3.63, 3.8) is 0 Å². The molecule has 0 spiro atoms. The highest BCUT2D eigenvalue weighted by Crippen LogP contribution is 2.28. The number of nitrogens with zero attached hydrogens (tertiary/aromatic N) is 3. The third kappa shape index (κ3) is 2.74. The quantitative estimate of drug-likeness (QED) is 0.661. The zero-order valence-corrected chi connectivity index (χ0v) is 12.7. The monoisotopic (exact) mass is 323 g/mol. The second-order valence-electron chi connectivity index (χ2n) is 4.78. The summed E-state index contributed by atoms with van der Waals surface area (Å²) >= 11 is 12.1. The number of benzene rings is 1. The molecule has 3 aromatic rings. The fourth-order valence-electron chi connectivity index (χ4n) is 2.28. The van der Waals surface area contributed by atoms with E-state index in [2.05, 4.69) is 9.97 Å². The number of alkyl halides is 1. The van der Waals surface area contributed by atoms with Crippen LogP contribution in [0.15, 0.2) is 36.7 Å². The molecule has 0 fully saturated rings. The molecule has 0 saturated heterocycles. The summed E-state index contributed by atoms with van der Waals surface area (Å²) in [6.07, 6.45) is 3.45. The molecule has 0 N–H and O–H groups in total. The molecular weight excluding hydrogens is 312 g/mol. The largest absolute Gasteiger partial charge is 0.322 e. The first-order valence-corrected chi connectivity index (χ1v) is 7.26. The van der Waals surface area contributed by atoms with Crippen LogP contribution in [0, 0.1) is 5.82 Å². The lowest BCUT2D eigenvalue weighted by molar-refractivity contribution is 0.629. The van der Waals surface area contributed by atoms with Gasteiger partial charge in [-0.05, 0) is 30.7 Å². The zero-order valence-electron chi connectivity index (χ0n) is 11.2. The molecule has 3 nitrogen and oxygen atoms in total. The summed E-state index contributed by atoms with van der Waals surface area (Å²) in [5, 5.41) is -0.215. The number of hydrogen-bond acceptors (Lipinski definition) is 2. The van der Waals surface area contributed by atoms with E-state index in [0.29, 0.717) is 17.9 Å². The minimum atomic E-state index is -0.480. The lowest BCUT2D eigenvalue weighted by Gasteiger charge is -2.10. The smallest absolute Gasteiger partial charge is 0.144 e. The van der Waals surface area contributed by atoms with E-state index >= 15 is 0 Å². The molecule has 0 amide bonds. The highest BCUT2D eigenvalue weighted by atomic mass is 35.5. The molecule has 0 radical (unpaired) electrons. The van der Waals surface area contributed by atoms with Crippen LogP contribution in [-0.2, 0) is 6.54 Å². The Balaban J connectivity index is 2.18. The molecule has 1 unspecified atom stereocenters. The lowest BCUT2D eigenvalue weighted by Crippen LogP contribution is -2.05. The van der Waals surface area contributed by atoms with Gasteiger partial charge in [0, 0.05) is 25.0 Å². The molecule has 6 heteroatoms. The summed E-state index contributed by atoms with van der Waals surface area (Å²) in [4.78, 5) is 8.43. The minimum Gasteiger partial charge on any atom is -0.322 e. The summed E-state index contributed by atoms with van der Waals surface area (Å²) in [7, 11) is 0. The van der Waals surface area contributed by atoms with Crippen LogP contribution < -0.4 is 0 Å². The Morgan fingerprint density at radius 1 is 1.29 bits per heavy atom. The van der Waals surface area contributed by atoms with E-state index < -0.39 is 5.82 Å². The Labute approximate surface area is 131 Å². The number of imidazole rings is 1. The number of fused-ring (bicyclic) bond motifs is 1. The van der Waals surface area contributed by atoms with Gasteiger partial charge < -0.3 is 4.57 Å². The van der Waals surface area contributed by atoms with Crippen molar-refractivity contribution in [1.82, 2.24) is 14.5 Å². The van der Waals surface area contributed by atoms with Gasteiger partial charge >= 0.3 is 0 Å². The fraction of sp³-hybridized carbons (Fsp3) is 0.200. The van der Waals surface area contributed by atoms with Gasteiger partial charge in [-0.15, -0.1) is 11.6 Å². The van der Waals surface area contributed by atoms with E-state index in [1.807, 2.05) is 23.6 Å². The van der Waals surface area contributed by atoms with Crippen LogP contribution in [0.5, 0.6) is 0 Å². The van der Waals surface area contributed by atoms with Crippen LogP contribution in [0.4, 0.5) is 4.39 Å². The highest BCUT2D eigenvalue weighted by Gasteiger charge is 2.17. The molecular formula is C15H12Cl2FN3. The van der Waals surface area contributed by atoms with Gasteiger partial charge in [-0.1, -0.05) is 11.6 Å². The third-order valence-corrected chi connectivity index (χ3v) is 3.75. The number of aromatic nitrogens is 3. The first-order chi connectivity index (χ1) is 10.1. The third-order valence-electron chi connectivity index (χ3n) is 3.27. The van der Waals surface area contributed by atoms with E-state index in [-0.39, 0.29) is 10.4 Å². The molecule has 1 atom stereocenters. The lowest BCUT2D eigenvalue weighted by atomic mass is 10.2. The maximum atomic E-state index is 13.6. The topological polar surface area (TPSA) is 30.7 Å². The van der Waals surface area contributed by atoms with Crippen molar-refractivity contribution >= 4 is 34.2 Å². The SMILES string of the molecule is CC(Cl)c1nc2cc(F)c(Cl)cc2n1Cc1ccncc1. The van der Waals surface area contributed by atoms with Crippen LogP contribution in [0.25, 0.3) is 11.0 Å². The molecule has 0 bridgehead atoms. The van der Waals surface area contributed by atoms with Gasteiger partial charge in [0.1, 0.15) is 11.6 Å². The number of pyridine rings is 1. The molecule has 2 heterocycles. The first kappa shape index (κ1) is 14.3. The van der Waals surface area contributed by atoms with Crippen molar-refractivity contribution in [3.8, 4) is 0 Å². The van der Waals surface area contributed by atoms with E-state index in [9.17, 15) is 4.39 Å². The Morgan fingerprint density at radius 2 is 2.00 bits per heavy atom. The second kappa shape index (κ2) is 5.62. The molecule has 21 heavy (non-hydrogen) atoms. The molecule has 0 saturated carbocycles. The molecule has 108 valence electrons. The standard InChI is InChI=1S/C15H12Cl2FN3/c1-9(16)15-20-13-7-12(18)11(17)6-14(13)21(15)8-10-2-4-19-5-3-10/h2-7,9H,8H2,1H3. The predicted octanol–water partition coefficient (Wildman–Crippen LogP) is 4.57. The van der Waals surface area contributed by atoms with Gasteiger partial charge in [0.05, 0.1) is 21.4 Å². The van der Waals surface area contributed by atoms with Gasteiger partial charge in [-0.2, -0.15) is 0 Å². The number of halogens is 3. The van der Waals surface area contributed by atoms with Gasteiger partial charge in [-0.25, -0.2) is 9.37 Å². The molecule has 0 aliphatic heterocycles. The van der Waals surface area contributed by atoms with Crippen molar-refractivity contribution in [2.45, 2.75) is 18.8 Å². The molecule has 0 aliphatic rings. The normalized spacial score (nSPS) is 12.8. The summed E-state index contributed by atoms with van der Waals surface area (Å²) in [6, 6.07) is 6.76. The summed E-state index contributed by atoms with van der Waals surface area (Å²) in [6.45, 7) is 2.41. The fourth-order valence-corrected chi connectivity index (χ4v) is 2.60. The van der Waals surface area contributed by atoms with E-state index in [1.54, 1.807) is 18.5 Å². The Morgan fingerprint density at radius 3 is 2.67 bits per heavy atom. The summed E-state index contributed by atoms with van der Waals surface area (Å²) in [5.74, 6) is 0.205.